The first-order chi connectivity index (χ1) is 5.33. The summed E-state index contributed by atoms with van der Waals surface area (Å²) in [4.78, 5) is 7.66. The highest BCUT2D eigenvalue weighted by molar-refractivity contribution is 7.99. The molecule has 60 valence electrons. The molecule has 1 heterocycles. The molecule has 0 saturated heterocycles. The molecule has 0 aliphatic carbocycles. The van der Waals surface area contributed by atoms with E-state index in [-0.39, 0.29) is 6.61 Å². The summed E-state index contributed by atoms with van der Waals surface area (Å²) in [6.07, 6.45) is 1.40. The monoisotopic (exact) mass is 190 g/mol. The Labute approximate surface area is 73.8 Å². The van der Waals surface area contributed by atoms with E-state index in [9.17, 15) is 0 Å². The molecule has 3 nitrogen and oxygen atoms in total. The third kappa shape index (κ3) is 3.05. The SMILES string of the molecule is OCCSc1cc(Cl)ncn1. The Hall–Kier alpha value is -0.320. The van der Waals surface area contributed by atoms with E-state index in [0.29, 0.717) is 10.9 Å². The predicted octanol–water partition coefficient (Wildman–Crippen LogP) is 1.21. The van der Waals surface area contributed by atoms with E-state index >= 15 is 0 Å². The lowest BCUT2D eigenvalue weighted by molar-refractivity contribution is 0.322. The van der Waals surface area contributed by atoms with Gasteiger partial charge in [0.2, 0.25) is 0 Å². The van der Waals surface area contributed by atoms with Gasteiger partial charge in [-0.05, 0) is 0 Å². The molecule has 5 heteroatoms. The number of hydrogen-bond acceptors (Lipinski definition) is 4. The molecule has 1 aromatic rings. The minimum Gasteiger partial charge on any atom is -0.396 e. The van der Waals surface area contributed by atoms with Gasteiger partial charge in [-0.1, -0.05) is 11.6 Å². The van der Waals surface area contributed by atoms with Crippen LogP contribution in [-0.2, 0) is 0 Å². The first-order valence-corrected chi connectivity index (χ1v) is 4.40. The lowest BCUT2D eigenvalue weighted by Gasteiger charge is -1.96. The van der Waals surface area contributed by atoms with Crippen LogP contribution < -0.4 is 0 Å². The maximum Gasteiger partial charge on any atom is 0.133 e. The summed E-state index contributed by atoms with van der Waals surface area (Å²) in [5.41, 5.74) is 0. The van der Waals surface area contributed by atoms with Crippen LogP contribution in [0.5, 0.6) is 0 Å². The molecule has 1 rings (SSSR count). The van der Waals surface area contributed by atoms with Gasteiger partial charge in [0, 0.05) is 11.8 Å². The molecule has 0 fully saturated rings. The molecule has 0 radical (unpaired) electrons. The highest BCUT2D eigenvalue weighted by Gasteiger charge is 1.95. The Balaban J connectivity index is 2.56. The molecule has 0 amide bonds. The van der Waals surface area contributed by atoms with Gasteiger partial charge in [-0.15, -0.1) is 11.8 Å². The second kappa shape index (κ2) is 4.54. The van der Waals surface area contributed by atoms with Crippen molar-refractivity contribution in [1.82, 2.24) is 9.97 Å². The third-order valence-corrected chi connectivity index (χ3v) is 2.06. The molecular formula is C6H7ClN2OS. The van der Waals surface area contributed by atoms with E-state index in [4.69, 9.17) is 16.7 Å². The number of aromatic nitrogens is 2. The van der Waals surface area contributed by atoms with Crippen molar-refractivity contribution in [1.29, 1.82) is 0 Å². The zero-order valence-electron chi connectivity index (χ0n) is 5.70. The van der Waals surface area contributed by atoms with Gasteiger partial charge in [0.05, 0.1) is 6.61 Å². The summed E-state index contributed by atoms with van der Waals surface area (Å²) in [6, 6.07) is 1.67. The molecule has 0 aliphatic heterocycles. The van der Waals surface area contributed by atoms with Gasteiger partial charge < -0.3 is 5.11 Å². The van der Waals surface area contributed by atoms with E-state index in [1.54, 1.807) is 6.07 Å². The second-order valence-electron chi connectivity index (χ2n) is 1.75. The maximum atomic E-state index is 8.50. The van der Waals surface area contributed by atoms with Crippen molar-refractivity contribution in [2.45, 2.75) is 5.03 Å². The molecule has 0 spiro atoms. The summed E-state index contributed by atoms with van der Waals surface area (Å²) in [6.45, 7) is 0.145. The van der Waals surface area contributed by atoms with Crippen LogP contribution in [0.3, 0.4) is 0 Å². The number of thioether (sulfide) groups is 1. The summed E-state index contributed by atoms with van der Waals surface area (Å²) < 4.78 is 0. The van der Waals surface area contributed by atoms with Crippen molar-refractivity contribution in [3.8, 4) is 0 Å². The van der Waals surface area contributed by atoms with Crippen molar-refractivity contribution >= 4 is 23.4 Å². The topological polar surface area (TPSA) is 46.0 Å². The fourth-order valence-corrected chi connectivity index (χ4v) is 1.38. The average molecular weight is 191 g/mol. The van der Waals surface area contributed by atoms with Crippen LogP contribution >= 0.6 is 23.4 Å². The highest BCUT2D eigenvalue weighted by Crippen LogP contribution is 2.16. The van der Waals surface area contributed by atoms with Gasteiger partial charge in [-0.25, -0.2) is 9.97 Å². The number of aliphatic hydroxyl groups is 1. The van der Waals surface area contributed by atoms with Crippen LogP contribution in [0.4, 0.5) is 0 Å². The number of aliphatic hydroxyl groups excluding tert-OH is 1. The largest absolute Gasteiger partial charge is 0.396 e. The van der Waals surface area contributed by atoms with Crippen LogP contribution in [0.2, 0.25) is 5.15 Å². The highest BCUT2D eigenvalue weighted by atomic mass is 35.5. The van der Waals surface area contributed by atoms with Crippen LogP contribution in [0.25, 0.3) is 0 Å². The van der Waals surface area contributed by atoms with Gasteiger partial charge in [0.25, 0.3) is 0 Å². The summed E-state index contributed by atoms with van der Waals surface area (Å²) in [5.74, 6) is 0.632. The van der Waals surface area contributed by atoms with Crippen LogP contribution in [0.15, 0.2) is 17.4 Å². The van der Waals surface area contributed by atoms with Crippen molar-refractivity contribution < 1.29 is 5.11 Å². The van der Waals surface area contributed by atoms with Gasteiger partial charge in [0.15, 0.2) is 0 Å². The van der Waals surface area contributed by atoms with Crippen molar-refractivity contribution in [3.05, 3.63) is 17.5 Å². The Bertz CT molecular complexity index is 234. The number of nitrogens with zero attached hydrogens (tertiary/aromatic N) is 2. The molecule has 11 heavy (non-hydrogen) atoms. The van der Waals surface area contributed by atoms with E-state index < -0.39 is 0 Å². The zero-order chi connectivity index (χ0) is 8.10. The molecule has 0 bridgehead atoms. The average Bonchev–Trinajstić information content (AvgIpc) is 2.01. The minimum atomic E-state index is 0.145. The number of halogens is 1. The quantitative estimate of drug-likeness (QED) is 0.575. The fourth-order valence-electron chi connectivity index (χ4n) is 0.546. The van der Waals surface area contributed by atoms with Crippen molar-refractivity contribution in [2.24, 2.45) is 0 Å². The minimum absolute atomic E-state index is 0.145. The van der Waals surface area contributed by atoms with Crippen LogP contribution in [0, 0.1) is 0 Å². The Morgan fingerprint density at radius 1 is 1.55 bits per heavy atom. The standard InChI is InChI=1S/C6H7ClN2OS/c7-5-3-6(9-4-8-5)11-2-1-10/h3-4,10H,1-2H2. The second-order valence-corrected chi connectivity index (χ2v) is 3.25. The van der Waals surface area contributed by atoms with Gasteiger partial charge >= 0.3 is 0 Å². The molecule has 1 N–H and O–H groups in total. The van der Waals surface area contributed by atoms with E-state index in [2.05, 4.69) is 9.97 Å². The first kappa shape index (κ1) is 8.77. The van der Waals surface area contributed by atoms with Crippen LogP contribution in [-0.4, -0.2) is 27.4 Å². The lowest BCUT2D eigenvalue weighted by Crippen LogP contribution is -1.88. The molecule has 0 aliphatic rings. The molecule has 0 saturated carbocycles. The molecule has 0 unspecified atom stereocenters. The third-order valence-electron chi connectivity index (χ3n) is 0.950. The summed E-state index contributed by atoms with van der Waals surface area (Å²) >= 11 is 7.05. The van der Waals surface area contributed by atoms with E-state index in [0.717, 1.165) is 5.03 Å². The molecule has 0 aromatic carbocycles. The number of rotatable bonds is 3. The van der Waals surface area contributed by atoms with E-state index in [1.165, 1.54) is 18.1 Å². The lowest BCUT2D eigenvalue weighted by atomic mass is 10.7. The normalized spacial score (nSPS) is 10.0. The van der Waals surface area contributed by atoms with Crippen molar-refractivity contribution in [2.75, 3.05) is 12.4 Å². The fraction of sp³-hybridized carbons (Fsp3) is 0.333. The summed E-state index contributed by atoms with van der Waals surface area (Å²) in [7, 11) is 0. The molecule has 0 atom stereocenters. The summed E-state index contributed by atoms with van der Waals surface area (Å²) in [5, 5.41) is 9.72. The van der Waals surface area contributed by atoms with Crippen molar-refractivity contribution in [3.63, 3.8) is 0 Å². The van der Waals surface area contributed by atoms with Crippen LogP contribution in [0.1, 0.15) is 0 Å². The molecular weight excluding hydrogens is 184 g/mol. The number of hydrogen-bond donors (Lipinski definition) is 1. The Morgan fingerprint density at radius 2 is 2.36 bits per heavy atom. The van der Waals surface area contributed by atoms with Gasteiger partial charge in [-0.3, -0.25) is 0 Å². The Morgan fingerprint density at radius 3 is 3.00 bits per heavy atom. The smallest absolute Gasteiger partial charge is 0.133 e. The molecule has 1 aromatic heterocycles. The Kier molecular flexibility index (Phi) is 3.62. The van der Waals surface area contributed by atoms with Gasteiger partial charge in [0.1, 0.15) is 16.5 Å². The van der Waals surface area contributed by atoms with E-state index in [1.807, 2.05) is 0 Å². The predicted molar refractivity (Wildman–Crippen MR) is 44.9 cm³/mol. The zero-order valence-corrected chi connectivity index (χ0v) is 7.27. The first-order valence-electron chi connectivity index (χ1n) is 3.04. The van der Waals surface area contributed by atoms with Gasteiger partial charge in [-0.2, -0.15) is 0 Å². The maximum absolute atomic E-state index is 8.50.